The molecule has 1 N–H and O–H groups in total. The van der Waals surface area contributed by atoms with Crippen molar-refractivity contribution in [1.29, 1.82) is 0 Å². The third-order valence-electron chi connectivity index (χ3n) is 2.91. The van der Waals surface area contributed by atoms with Crippen LogP contribution in [0.2, 0.25) is 0 Å². The van der Waals surface area contributed by atoms with Crippen LogP contribution in [0.25, 0.3) is 0 Å². The fraction of sp³-hybridized carbons (Fsp3) is 0.188. The first-order chi connectivity index (χ1) is 10.1. The molecule has 0 aliphatic carbocycles. The summed E-state index contributed by atoms with van der Waals surface area (Å²) in [6, 6.07) is 13.5. The maximum atomic E-state index is 12.3. The van der Waals surface area contributed by atoms with Gasteiger partial charge in [0, 0.05) is 17.7 Å². The van der Waals surface area contributed by atoms with Crippen molar-refractivity contribution in [2.24, 2.45) is 0 Å². The Morgan fingerprint density at radius 2 is 1.95 bits per heavy atom. The molecule has 0 aliphatic heterocycles. The van der Waals surface area contributed by atoms with E-state index in [1.807, 2.05) is 13.0 Å². The van der Waals surface area contributed by atoms with Gasteiger partial charge in [-0.15, -0.1) is 0 Å². The van der Waals surface area contributed by atoms with Crippen molar-refractivity contribution in [3.63, 3.8) is 0 Å². The van der Waals surface area contributed by atoms with Gasteiger partial charge in [-0.3, -0.25) is 4.79 Å². The van der Waals surface area contributed by atoms with Crippen molar-refractivity contribution < 1.29 is 18.3 Å². The normalized spacial score (nSPS) is 10.5. The number of aryl methyl sites for hydroxylation is 1. The van der Waals surface area contributed by atoms with Crippen molar-refractivity contribution >= 4 is 5.91 Å². The number of alkyl halides is 2. The zero-order chi connectivity index (χ0) is 15.2. The van der Waals surface area contributed by atoms with Crippen molar-refractivity contribution in [2.75, 3.05) is 0 Å². The lowest BCUT2D eigenvalue weighted by molar-refractivity contribution is -0.0504. The average Bonchev–Trinajstić information content (AvgIpc) is 2.45. The standard InChI is InChI=1S/C16H15F2NO2/c1-11-5-4-7-12(9-11)15(20)19-10-13-6-2-3-8-14(13)21-16(17)18/h2-9,16H,10H2,1H3,(H,19,20). The summed E-state index contributed by atoms with van der Waals surface area (Å²) in [6.45, 7) is -0.878. The van der Waals surface area contributed by atoms with Crippen LogP contribution >= 0.6 is 0 Å². The van der Waals surface area contributed by atoms with Gasteiger partial charge in [-0.05, 0) is 25.1 Å². The highest BCUT2D eigenvalue weighted by atomic mass is 19.3. The second-order valence-electron chi connectivity index (χ2n) is 4.54. The van der Waals surface area contributed by atoms with Crippen molar-refractivity contribution in [2.45, 2.75) is 20.1 Å². The molecule has 0 saturated heterocycles. The van der Waals surface area contributed by atoms with E-state index >= 15 is 0 Å². The number of ether oxygens (including phenoxy) is 1. The Labute approximate surface area is 121 Å². The fourth-order valence-electron chi connectivity index (χ4n) is 1.92. The van der Waals surface area contributed by atoms with Crippen LogP contribution in [-0.2, 0) is 6.54 Å². The van der Waals surface area contributed by atoms with Crippen molar-refractivity contribution in [3.05, 3.63) is 65.2 Å². The van der Waals surface area contributed by atoms with Gasteiger partial charge in [-0.2, -0.15) is 8.78 Å². The third-order valence-corrected chi connectivity index (χ3v) is 2.91. The minimum Gasteiger partial charge on any atom is -0.434 e. The first-order valence-corrected chi connectivity index (χ1v) is 6.44. The SMILES string of the molecule is Cc1cccc(C(=O)NCc2ccccc2OC(F)F)c1. The summed E-state index contributed by atoms with van der Waals surface area (Å²) >= 11 is 0. The van der Waals surface area contributed by atoms with Gasteiger partial charge >= 0.3 is 6.61 Å². The summed E-state index contributed by atoms with van der Waals surface area (Å²) in [7, 11) is 0. The van der Waals surface area contributed by atoms with Gasteiger partial charge in [0.05, 0.1) is 0 Å². The summed E-state index contributed by atoms with van der Waals surface area (Å²) in [6.07, 6.45) is 0. The van der Waals surface area contributed by atoms with Gasteiger partial charge in [-0.1, -0.05) is 35.9 Å². The zero-order valence-electron chi connectivity index (χ0n) is 11.5. The molecule has 2 rings (SSSR count). The number of amides is 1. The molecule has 0 atom stereocenters. The number of hydrogen-bond acceptors (Lipinski definition) is 2. The molecule has 2 aromatic rings. The predicted molar refractivity (Wildman–Crippen MR) is 75.4 cm³/mol. The molecular formula is C16H15F2NO2. The van der Waals surface area contributed by atoms with E-state index in [4.69, 9.17) is 0 Å². The number of carbonyl (C=O) groups is 1. The maximum Gasteiger partial charge on any atom is 0.387 e. The molecular weight excluding hydrogens is 276 g/mol. The summed E-state index contributed by atoms with van der Waals surface area (Å²) in [5, 5.41) is 2.69. The molecule has 0 aromatic heterocycles. The molecule has 5 heteroatoms. The van der Waals surface area contributed by atoms with Crippen LogP contribution in [-0.4, -0.2) is 12.5 Å². The number of hydrogen-bond donors (Lipinski definition) is 1. The largest absolute Gasteiger partial charge is 0.434 e. The predicted octanol–water partition coefficient (Wildman–Crippen LogP) is 3.53. The number of carbonyl (C=O) groups excluding carboxylic acids is 1. The van der Waals surface area contributed by atoms with Gasteiger partial charge in [-0.25, -0.2) is 0 Å². The monoisotopic (exact) mass is 291 g/mol. The summed E-state index contributed by atoms with van der Waals surface area (Å²) in [5.41, 5.74) is 2.00. The lowest BCUT2D eigenvalue weighted by atomic mass is 10.1. The first kappa shape index (κ1) is 15.0. The lowest BCUT2D eigenvalue weighted by Crippen LogP contribution is -2.23. The van der Waals surface area contributed by atoms with E-state index in [9.17, 15) is 13.6 Å². The van der Waals surface area contributed by atoms with Crippen LogP contribution in [0.15, 0.2) is 48.5 Å². The van der Waals surface area contributed by atoms with Gasteiger partial charge in [0.25, 0.3) is 5.91 Å². The third kappa shape index (κ3) is 4.27. The van der Waals surface area contributed by atoms with Crippen molar-refractivity contribution in [3.8, 4) is 5.75 Å². The number of para-hydroxylation sites is 1. The van der Waals surface area contributed by atoms with E-state index in [1.54, 1.807) is 36.4 Å². The number of rotatable bonds is 5. The summed E-state index contributed by atoms with van der Waals surface area (Å²) < 4.78 is 29.0. The second kappa shape index (κ2) is 6.83. The molecule has 0 spiro atoms. The minimum atomic E-state index is -2.89. The molecule has 0 aliphatic rings. The molecule has 0 saturated carbocycles. The highest BCUT2D eigenvalue weighted by Crippen LogP contribution is 2.20. The molecule has 110 valence electrons. The van der Waals surface area contributed by atoms with Crippen LogP contribution < -0.4 is 10.1 Å². The van der Waals surface area contributed by atoms with Gasteiger partial charge in [0.1, 0.15) is 5.75 Å². The molecule has 2 aromatic carbocycles. The van der Waals surface area contributed by atoms with Crippen LogP contribution in [0.3, 0.4) is 0 Å². The Morgan fingerprint density at radius 1 is 1.19 bits per heavy atom. The van der Waals surface area contributed by atoms with Crippen LogP contribution in [0.1, 0.15) is 21.5 Å². The fourth-order valence-corrected chi connectivity index (χ4v) is 1.92. The van der Waals surface area contributed by atoms with E-state index < -0.39 is 6.61 Å². The van der Waals surface area contributed by atoms with Gasteiger partial charge < -0.3 is 10.1 Å². The van der Waals surface area contributed by atoms with E-state index in [2.05, 4.69) is 10.1 Å². The number of benzene rings is 2. The van der Waals surface area contributed by atoms with Crippen LogP contribution in [0.5, 0.6) is 5.75 Å². The first-order valence-electron chi connectivity index (χ1n) is 6.44. The molecule has 0 fully saturated rings. The van der Waals surface area contributed by atoms with E-state index in [0.717, 1.165) is 5.56 Å². The zero-order valence-corrected chi connectivity index (χ0v) is 11.5. The van der Waals surface area contributed by atoms with E-state index in [1.165, 1.54) is 6.07 Å². The Bertz CT molecular complexity index is 629. The maximum absolute atomic E-state index is 12.3. The molecule has 0 heterocycles. The molecule has 1 amide bonds. The van der Waals surface area contributed by atoms with Gasteiger partial charge in [0.2, 0.25) is 0 Å². The molecule has 0 bridgehead atoms. The van der Waals surface area contributed by atoms with E-state index in [-0.39, 0.29) is 18.2 Å². The molecule has 21 heavy (non-hydrogen) atoms. The minimum absolute atomic E-state index is 0.0667. The Kier molecular flexibility index (Phi) is 4.87. The summed E-state index contributed by atoms with van der Waals surface area (Å²) in [4.78, 5) is 12.0. The molecule has 3 nitrogen and oxygen atoms in total. The number of nitrogens with one attached hydrogen (secondary N) is 1. The van der Waals surface area contributed by atoms with Crippen molar-refractivity contribution in [1.82, 2.24) is 5.32 Å². The lowest BCUT2D eigenvalue weighted by Gasteiger charge is -2.11. The Morgan fingerprint density at radius 3 is 2.67 bits per heavy atom. The highest BCUT2D eigenvalue weighted by Gasteiger charge is 2.11. The van der Waals surface area contributed by atoms with Crippen LogP contribution in [0, 0.1) is 6.92 Å². The molecule has 0 unspecified atom stereocenters. The smallest absolute Gasteiger partial charge is 0.387 e. The highest BCUT2D eigenvalue weighted by molar-refractivity contribution is 5.94. The Balaban J connectivity index is 2.04. The topological polar surface area (TPSA) is 38.3 Å². The second-order valence-corrected chi connectivity index (χ2v) is 4.54. The van der Waals surface area contributed by atoms with Gasteiger partial charge in [0.15, 0.2) is 0 Å². The van der Waals surface area contributed by atoms with Crippen LogP contribution in [0.4, 0.5) is 8.78 Å². The molecule has 0 radical (unpaired) electrons. The Hall–Kier alpha value is -2.43. The summed E-state index contributed by atoms with van der Waals surface area (Å²) in [5.74, 6) is -0.192. The van der Waals surface area contributed by atoms with E-state index in [0.29, 0.717) is 11.1 Å². The quantitative estimate of drug-likeness (QED) is 0.915. The number of halogens is 2. The average molecular weight is 291 g/mol.